The van der Waals surface area contributed by atoms with Crippen LogP contribution >= 0.6 is 15.9 Å². The lowest BCUT2D eigenvalue weighted by molar-refractivity contribution is 0.0475. The number of ketones is 1. The molecule has 0 amide bonds. The van der Waals surface area contributed by atoms with Gasteiger partial charge in [-0.2, -0.15) is 0 Å². The van der Waals surface area contributed by atoms with Crippen molar-refractivity contribution in [2.45, 2.75) is 0 Å². The molecule has 0 atom stereocenters. The third-order valence-corrected chi connectivity index (χ3v) is 4.89. The van der Waals surface area contributed by atoms with Gasteiger partial charge >= 0.3 is 5.97 Å². The first-order valence-corrected chi connectivity index (χ1v) is 9.67. The zero-order valence-corrected chi connectivity index (χ0v) is 16.8. The quantitative estimate of drug-likeness (QED) is 0.315. The van der Waals surface area contributed by atoms with Gasteiger partial charge in [0.1, 0.15) is 0 Å². The molecule has 0 saturated heterocycles. The third kappa shape index (κ3) is 4.38. The van der Waals surface area contributed by atoms with E-state index in [1.807, 2.05) is 24.3 Å². The molecule has 5 nitrogen and oxygen atoms in total. The highest BCUT2D eigenvalue weighted by Crippen LogP contribution is 2.20. The van der Waals surface area contributed by atoms with E-state index in [0.29, 0.717) is 16.8 Å². The Morgan fingerprint density at radius 3 is 2.21 bits per heavy atom. The molecule has 0 bridgehead atoms. The molecule has 0 aliphatic rings. The summed E-state index contributed by atoms with van der Waals surface area (Å²) in [5.41, 5.74) is 4.05. The Hall–Kier alpha value is -3.38. The van der Waals surface area contributed by atoms with Crippen LogP contribution in [0.25, 0.3) is 22.3 Å². The first kappa shape index (κ1) is 19.0. The van der Waals surface area contributed by atoms with Crippen molar-refractivity contribution in [3.05, 3.63) is 94.6 Å². The smallest absolute Gasteiger partial charge is 0.338 e. The third-order valence-electron chi connectivity index (χ3n) is 4.37. The number of nitrogens with zero attached hydrogens (tertiary/aromatic N) is 2. The van der Waals surface area contributed by atoms with Gasteiger partial charge in [0.2, 0.25) is 0 Å². The van der Waals surface area contributed by atoms with Crippen LogP contribution in [0.15, 0.2) is 83.5 Å². The van der Waals surface area contributed by atoms with Gasteiger partial charge < -0.3 is 4.74 Å². The molecular formula is C23H15BrN2O3. The number of halogens is 1. The van der Waals surface area contributed by atoms with Crippen molar-refractivity contribution in [2.75, 3.05) is 6.61 Å². The molecule has 0 fully saturated rings. The fraction of sp³-hybridized carbons (Fsp3) is 0.0435. The van der Waals surface area contributed by atoms with Crippen molar-refractivity contribution in [3.63, 3.8) is 0 Å². The predicted octanol–water partition coefficient (Wildman–Crippen LogP) is 5.10. The monoisotopic (exact) mass is 446 g/mol. The number of benzene rings is 3. The van der Waals surface area contributed by atoms with Gasteiger partial charge in [-0.3, -0.25) is 9.78 Å². The molecule has 0 N–H and O–H groups in total. The van der Waals surface area contributed by atoms with Crippen LogP contribution in [0, 0.1) is 0 Å². The van der Waals surface area contributed by atoms with E-state index in [9.17, 15) is 9.59 Å². The highest BCUT2D eigenvalue weighted by molar-refractivity contribution is 9.10. The molecule has 1 aromatic heterocycles. The molecule has 6 heteroatoms. The molecule has 0 saturated carbocycles. The molecule has 0 radical (unpaired) electrons. The number of hydrogen-bond acceptors (Lipinski definition) is 5. The minimum absolute atomic E-state index is 0.256. The van der Waals surface area contributed by atoms with Gasteiger partial charge in [-0.1, -0.05) is 52.3 Å². The number of para-hydroxylation sites is 2. The maximum Gasteiger partial charge on any atom is 0.338 e. The molecule has 29 heavy (non-hydrogen) atoms. The Morgan fingerprint density at radius 1 is 0.828 bits per heavy atom. The summed E-state index contributed by atoms with van der Waals surface area (Å²) in [6.07, 6.45) is 1.70. The van der Waals surface area contributed by atoms with E-state index in [1.54, 1.807) is 54.7 Å². The van der Waals surface area contributed by atoms with E-state index >= 15 is 0 Å². The standard InChI is InChI=1S/C23H15BrN2O3/c24-18-11-9-16(10-12-18)22(27)14-29-23(28)17-7-5-15(6-8-17)21-13-25-19-3-1-2-4-20(19)26-21/h1-13H,14H2. The number of esters is 1. The number of ether oxygens (including phenoxy) is 1. The van der Waals surface area contributed by atoms with Crippen molar-refractivity contribution >= 4 is 38.7 Å². The summed E-state index contributed by atoms with van der Waals surface area (Å²) >= 11 is 3.32. The number of aromatic nitrogens is 2. The van der Waals surface area contributed by atoms with Gasteiger partial charge in [-0.15, -0.1) is 0 Å². The van der Waals surface area contributed by atoms with Crippen LogP contribution in [0.5, 0.6) is 0 Å². The molecule has 142 valence electrons. The molecule has 0 aliphatic carbocycles. The largest absolute Gasteiger partial charge is 0.454 e. The maximum atomic E-state index is 12.2. The predicted molar refractivity (Wildman–Crippen MR) is 114 cm³/mol. The molecule has 4 aromatic rings. The summed E-state index contributed by atoms with van der Waals surface area (Å²) in [5, 5.41) is 0. The average molecular weight is 447 g/mol. The van der Waals surface area contributed by atoms with Gasteiger partial charge in [0.25, 0.3) is 0 Å². The SMILES string of the molecule is O=C(COC(=O)c1ccc(-c2cnc3ccccc3n2)cc1)c1ccc(Br)cc1. The fourth-order valence-corrected chi connectivity index (χ4v) is 3.07. The number of carbonyl (C=O) groups excluding carboxylic acids is 2. The van der Waals surface area contributed by atoms with Crippen LogP contribution in [-0.2, 0) is 4.74 Å². The van der Waals surface area contributed by atoms with Crippen LogP contribution in [0.3, 0.4) is 0 Å². The number of hydrogen-bond donors (Lipinski definition) is 0. The number of Topliss-reactive ketones (excluding diaryl/α,β-unsaturated/α-hetero) is 1. The summed E-state index contributed by atoms with van der Waals surface area (Å²) in [5.74, 6) is -0.805. The summed E-state index contributed by atoms with van der Waals surface area (Å²) in [6, 6.07) is 21.4. The zero-order chi connectivity index (χ0) is 20.2. The van der Waals surface area contributed by atoms with E-state index in [2.05, 4.69) is 25.9 Å². The van der Waals surface area contributed by atoms with Crippen molar-refractivity contribution in [1.29, 1.82) is 0 Å². The molecule has 0 aliphatic heterocycles. The Kier molecular flexibility index (Phi) is 5.44. The van der Waals surface area contributed by atoms with Gasteiger partial charge in [0.05, 0.1) is 28.5 Å². The molecular weight excluding hydrogens is 432 g/mol. The summed E-state index contributed by atoms with van der Waals surface area (Å²) < 4.78 is 6.03. The summed E-state index contributed by atoms with van der Waals surface area (Å²) in [7, 11) is 0. The Bertz CT molecular complexity index is 1190. The van der Waals surface area contributed by atoms with Crippen molar-refractivity contribution in [3.8, 4) is 11.3 Å². The second-order valence-corrected chi connectivity index (χ2v) is 7.24. The molecule has 4 rings (SSSR count). The first-order valence-electron chi connectivity index (χ1n) is 8.88. The molecule has 0 unspecified atom stereocenters. The molecule has 0 spiro atoms. The van der Waals surface area contributed by atoms with Crippen LogP contribution in [-0.4, -0.2) is 28.3 Å². The van der Waals surface area contributed by atoms with Crippen LogP contribution in [0.1, 0.15) is 20.7 Å². The van der Waals surface area contributed by atoms with Gasteiger partial charge in [-0.05, 0) is 36.4 Å². The number of fused-ring (bicyclic) bond motifs is 1. The van der Waals surface area contributed by atoms with Crippen molar-refractivity contribution in [2.24, 2.45) is 0 Å². The van der Waals surface area contributed by atoms with E-state index in [4.69, 9.17) is 4.74 Å². The summed E-state index contributed by atoms with van der Waals surface area (Å²) in [4.78, 5) is 33.4. The van der Waals surface area contributed by atoms with E-state index in [-0.39, 0.29) is 12.4 Å². The Labute approximate surface area is 175 Å². The average Bonchev–Trinajstić information content (AvgIpc) is 2.77. The van der Waals surface area contributed by atoms with Crippen LogP contribution < -0.4 is 0 Å². The first-order chi connectivity index (χ1) is 14.1. The number of carbonyl (C=O) groups is 2. The van der Waals surface area contributed by atoms with E-state index in [1.165, 1.54) is 0 Å². The lowest BCUT2D eigenvalue weighted by atomic mass is 10.1. The van der Waals surface area contributed by atoms with Crippen molar-refractivity contribution < 1.29 is 14.3 Å². The normalized spacial score (nSPS) is 10.7. The molecule has 3 aromatic carbocycles. The number of rotatable bonds is 5. The lowest BCUT2D eigenvalue weighted by Crippen LogP contribution is -2.14. The minimum atomic E-state index is -0.549. The van der Waals surface area contributed by atoms with E-state index < -0.39 is 5.97 Å². The second-order valence-electron chi connectivity index (χ2n) is 6.33. The van der Waals surface area contributed by atoms with Gasteiger partial charge in [0, 0.05) is 15.6 Å². The highest BCUT2D eigenvalue weighted by atomic mass is 79.9. The second kappa shape index (κ2) is 8.32. The van der Waals surface area contributed by atoms with E-state index in [0.717, 1.165) is 21.1 Å². The van der Waals surface area contributed by atoms with Gasteiger partial charge in [-0.25, -0.2) is 9.78 Å². The Balaban J connectivity index is 1.43. The van der Waals surface area contributed by atoms with Crippen molar-refractivity contribution in [1.82, 2.24) is 9.97 Å². The topological polar surface area (TPSA) is 69.2 Å². The minimum Gasteiger partial charge on any atom is -0.454 e. The van der Waals surface area contributed by atoms with Gasteiger partial charge in [0.15, 0.2) is 12.4 Å². The van der Waals surface area contributed by atoms with Crippen LogP contribution in [0.2, 0.25) is 0 Å². The summed E-state index contributed by atoms with van der Waals surface area (Å²) in [6.45, 7) is -0.307. The Morgan fingerprint density at radius 2 is 1.48 bits per heavy atom. The highest BCUT2D eigenvalue weighted by Gasteiger charge is 2.12. The maximum absolute atomic E-state index is 12.2. The zero-order valence-electron chi connectivity index (χ0n) is 15.2. The molecule has 1 heterocycles. The fourth-order valence-electron chi connectivity index (χ4n) is 2.81. The van der Waals surface area contributed by atoms with Crippen LogP contribution in [0.4, 0.5) is 0 Å². The lowest BCUT2D eigenvalue weighted by Gasteiger charge is -2.06.